The molecule has 1 aromatic carbocycles. The van der Waals surface area contributed by atoms with E-state index in [1.165, 1.54) is 4.90 Å². The number of nitrogens with one attached hydrogen (secondary N) is 1. The predicted molar refractivity (Wildman–Crippen MR) is 120 cm³/mol. The van der Waals surface area contributed by atoms with Gasteiger partial charge in [0.15, 0.2) is 5.69 Å². The Labute approximate surface area is 186 Å². The highest BCUT2D eigenvalue weighted by molar-refractivity contribution is 7.09. The average Bonchev–Trinajstić information content (AvgIpc) is 3.40. The summed E-state index contributed by atoms with van der Waals surface area (Å²) in [6, 6.07) is 8.97. The molecule has 1 saturated carbocycles. The summed E-state index contributed by atoms with van der Waals surface area (Å²) in [5, 5.41) is 3.12. The summed E-state index contributed by atoms with van der Waals surface area (Å²) in [4.78, 5) is 40.0. The molecule has 1 aromatic heterocycles. The molecule has 0 aliphatic heterocycles. The van der Waals surface area contributed by atoms with Gasteiger partial charge in [0.25, 0.3) is 11.8 Å². The van der Waals surface area contributed by atoms with E-state index in [0.29, 0.717) is 6.42 Å². The van der Waals surface area contributed by atoms with Crippen LogP contribution in [0, 0.1) is 0 Å². The summed E-state index contributed by atoms with van der Waals surface area (Å²) in [6.07, 6.45) is 5.36. The van der Waals surface area contributed by atoms with E-state index in [0.717, 1.165) is 49.2 Å². The largest absolute Gasteiger partial charge is 0.395 e. The van der Waals surface area contributed by atoms with Crippen LogP contribution in [-0.2, 0) is 11.3 Å². The van der Waals surface area contributed by atoms with Crippen molar-refractivity contribution < 1.29 is 14.4 Å². The third-order valence-corrected chi connectivity index (χ3v) is 6.41. The second-order valence-corrected chi connectivity index (χ2v) is 8.62. The first-order valence-corrected chi connectivity index (χ1v) is 11.4. The average molecular weight is 444 g/mol. The Hall–Kier alpha value is -2.94. The highest BCUT2D eigenvalue weighted by atomic mass is 32.1. The van der Waals surface area contributed by atoms with Crippen molar-refractivity contribution >= 4 is 34.9 Å². The molecule has 1 aliphatic carbocycles. The smallest absolute Gasteiger partial charge is 0.270 e. The number of aromatic nitrogens is 1. The molecular weight excluding hydrogens is 414 g/mol. The number of nitrogen functional groups attached to an aromatic ring is 1. The fraction of sp³-hybridized carbons (Fsp3) is 0.455. The lowest BCUT2D eigenvalue weighted by Gasteiger charge is -2.31. The lowest BCUT2D eigenvalue weighted by Crippen LogP contribution is -2.51. The van der Waals surface area contributed by atoms with Crippen LogP contribution in [0.3, 0.4) is 0 Å². The van der Waals surface area contributed by atoms with E-state index >= 15 is 0 Å². The fourth-order valence-corrected chi connectivity index (χ4v) is 4.69. The van der Waals surface area contributed by atoms with Crippen molar-refractivity contribution in [3.8, 4) is 0 Å². The van der Waals surface area contributed by atoms with E-state index in [1.54, 1.807) is 0 Å². The molecule has 3 rings (SSSR count). The third kappa shape index (κ3) is 5.41. The molecule has 9 heteroatoms. The zero-order valence-electron chi connectivity index (χ0n) is 17.7. The van der Waals surface area contributed by atoms with Crippen LogP contribution in [0.5, 0.6) is 0 Å². The van der Waals surface area contributed by atoms with Crippen LogP contribution in [0.4, 0.5) is 5.69 Å². The maximum Gasteiger partial charge on any atom is 0.270 e. The van der Waals surface area contributed by atoms with Gasteiger partial charge < -0.3 is 21.7 Å². The Morgan fingerprint density at radius 3 is 2.48 bits per heavy atom. The Kier molecular flexibility index (Phi) is 7.62. The first-order chi connectivity index (χ1) is 14.9. The minimum atomic E-state index is -0.786. The predicted octanol–water partition coefficient (Wildman–Crippen LogP) is 2.69. The highest BCUT2D eigenvalue weighted by Crippen LogP contribution is 2.26. The van der Waals surface area contributed by atoms with Crippen molar-refractivity contribution in [2.24, 2.45) is 5.73 Å². The fourth-order valence-electron chi connectivity index (χ4n) is 3.93. The molecule has 8 nitrogen and oxygen atoms in total. The first kappa shape index (κ1) is 22.7. The molecule has 1 heterocycles. The number of nitrogens with zero attached hydrogens (tertiary/aromatic N) is 2. The minimum Gasteiger partial charge on any atom is -0.395 e. The molecule has 0 bridgehead atoms. The van der Waals surface area contributed by atoms with E-state index in [2.05, 4.69) is 9.69 Å². The maximum atomic E-state index is 13.5. The third-order valence-electron chi connectivity index (χ3n) is 5.55. The number of hydrogen-bond donors (Lipinski definition) is 3. The van der Waals surface area contributed by atoms with Crippen molar-refractivity contribution in [2.45, 2.75) is 64.1 Å². The Balaban J connectivity index is 1.93. The summed E-state index contributed by atoms with van der Waals surface area (Å²) >= 11 is 0.833. The van der Waals surface area contributed by atoms with Crippen LogP contribution in [0.15, 0.2) is 30.3 Å². The molecular formula is C22H29N5O3S. The van der Waals surface area contributed by atoms with E-state index in [1.807, 2.05) is 37.3 Å². The van der Waals surface area contributed by atoms with Crippen molar-refractivity contribution in [2.75, 3.05) is 5.73 Å². The van der Waals surface area contributed by atoms with Crippen LogP contribution >= 0.6 is 11.5 Å². The lowest BCUT2D eigenvalue weighted by atomic mass is 10.1. The lowest BCUT2D eigenvalue weighted by molar-refractivity contribution is -0.126. The SMILES string of the molecule is CCCC(C(=O)NC1CCCC1)N(Cc1ccccc1)C(=O)c1snc(C(N)=O)c1N. The number of carbonyl (C=O) groups is 3. The molecule has 0 spiro atoms. The van der Waals surface area contributed by atoms with Crippen LogP contribution in [0.2, 0.25) is 0 Å². The van der Waals surface area contributed by atoms with Crippen LogP contribution in [0.25, 0.3) is 0 Å². The molecule has 1 atom stereocenters. The number of hydrogen-bond acceptors (Lipinski definition) is 6. The van der Waals surface area contributed by atoms with Crippen molar-refractivity contribution in [1.82, 2.24) is 14.6 Å². The second kappa shape index (κ2) is 10.4. The van der Waals surface area contributed by atoms with E-state index in [9.17, 15) is 14.4 Å². The van der Waals surface area contributed by atoms with Crippen molar-refractivity contribution in [3.63, 3.8) is 0 Å². The van der Waals surface area contributed by atoms with Gasteiger partial charge in [-0.05, 0) is 36.4 Å². The molecule has 1 aliphatic rings. The number of anilines is 1. The number of amides is 3. The number of rotatable bonds is 9. The normalized spacial score (nSPS) is 14.9. The molecule has 1 unspecified atom stereocenters. The van der Waals surface area contributed by atoms with Crippen LogP contribution in [-0.4, -0.2) is 39.1 Å². The summed E-state index contributed by atoms with van der Waals surface area (Å²) < 4.78 is 3.95. The van der Waals surface area contributed by atoms with Gasteiger partial charge in [-0.2, -0.15) is 4.37 Å². The first-order valence-electron chi connectivity index (χ1n) is 10.6. The van der Waals surface area contributed by atoms with Gasteiger partial charge in [-0.3, -0.25) is 14.4 Å². The quantitative estimate of drug-likeness (QED) is 0.548. The summed E-state index contributed by atoms with van der Waals surface area (Å²) in [7, 11) is 0. The van der Waals surface area contributed by atoms with E-state index in [4.69, 9.17) is 11.5 Å². The van der Waals surface area contributed by atoms with Gasteiger partial charge >= 0.3 is 0 Å². The Bertz CT molecular complexity index is 924. The van der Waals surface area contributed by atoms with Gasteiger partial charge in [0.1, 0.15) is 10.9 Å². The standard InChI is InChI=1S/C22H29N5O3S/c1-2-8-16(21(29)25-15-11-6-7-12-15)27(13-14-9-4-3-5-10-14)22(30)19-17(23)18(20(24)28)26-31-19/h3-5,9-10,15-16H,2,6-8,11-13,23H2,1H3,(H2,24,28)(H,25,29). The van der Waals surface area contributed by atoms with Gasteiger partial charge in [0.05, 0.1) is 5.69 Å². The number of nitrogens with two attached hydrogens (primary N) is 2. The monoisotopic (exact) mass is 443 g/mol. The minimum absolute atomic E-state index is 0.0352. The topological polar surface area (TPSA) is 131 Å². The van der Waals surface area contributed by atoms with Crippen molar-refractivity contribution in [1.29, 1.82) is 0 Å². The van der Waals surface area contributed by atoms with Gasteiger partial charge in [-0.15, -0.1) is 0 Å². The number of primary amides is 1. The molecule has 0 saturated heterocycles. The van der Waals surface area contributed by atoms with Gasteiger partial charge in [-0.25, -0.2) is 0 Å². The van der Waals surface area contributed by atoms with Crippen LogP contribution < -0.4 is 16.8 Å². The van der Waals surface area contributed by atoms with Crippen molar-refractivity contribution in [3.05, 3.63) is 46.5 Å². The van der Waals surface area contributed by atoms with E-state index in [-0.39, 0.29) is 34.8 Å². The zero-order valence-corrected chi connectivity index (χ0v) is 18.5. The van der Waals surface area contributed by atoms with E-state index < -0.39 is 17.9 Å². The second-order valence-electron chi connectivity index (χ2n) is 7.85. The summed E-state index contributed by atoms with van der Waals surface area (Å²) in [6.45, 7) is 2.22. The molecule has 3 amide bonds. The van der Waals surface area contributed by atoms with Crippen LogP contribution in [0.1, 0.15) is 71.2 Å². The number of benzene rings is 1. The van der Waals surface area contributed by atoms with Gasteiger partial charge in [-0.1, -0.05) is 56.5 Å². The number of carbonyl (C=O) groups excluding carboxylic acids is 3. The summed E-state index contributed by atoms with van der Waals surface area (Å²) in [5.41, 5.74) is 12.1. The maximum absolute atomic E-state index is 13.5. The highest BCUT2D eigenvalue weighted by Gasteiger charge is 2.34. The molecule has 2 aromatic rings. The zero-order chi connectivity index (χ0) is 22.4. The molecule has 0 radical (unpaired) electrons. The Morgan fingerprint density at radius 1 is 1.23 bits per heavy atom. The Morgan fingerprint density at radius 2 is 1.90 bits per heavy atom. The molecule has 1 fully saturated rings. The summed E-state index contributed by atoms with van der Waals surface area (Å²) in [5.74, 6) is -1.37. The molecule has 166 valence electrons. The van der Waals surface area contributed by atoms with Gasteiger partial charge in [0.2, 0.25) is 5.91 Å². The van der Waals surface area contributed by atoms with Gasteiger partial charge in [0, 0.05) is 12.6 Å². The molecule has 31 heavy (non-hydrogen) atoms. The molecule has 5 N–H and O–H groups in total.